The Balaban J connectivity index is 1.64. The molecule has 2 rings (SSSR count). The van der Waals surface area contributed by atoms with E-state index >= 15 is 0 Å². The second-order valence-electron chi connectivity index (χ2n) is 5.96. The Morgan fingerprint density at radius 2 is 2.31 bits per heavy atom. The van der Waals surface area contributed by atoms with Crippen LogP contribution in [0.1, 0.15) is 18.4 Å². The van der Waals surface area contributed by atoms with Gasteiger partial charge in [0.1, 0.15) is 5.75 Å². The van der Waals surface area contributed by atoms with Gasteiger partial charge in [0.25, 0.3) is 5.91 Å². The van der Waals surface area contributed by atoms with Crippen molar-refractivity contribution in [3.05, 3.63) is 29.8 Å². The number of nitrogens with one attached hydrogen (secondary N) is 2. The molecule has 1 heterocycles. The molecule has 144 valence electrons. The third kappa shape index (κ3) is 7.71. The van der Waals surface area contributed by atoms with E-state index in [2.05, 4.69) is 15.6 Å². The number of benzene rings is 1. The van der Waals surface area contributed by atoms with Crippen LogP contribution in [-0.4, -0.2) is 58.0 Å². The molecular weight excluding hydrogens is 336 g/mol. The van der Waals surface area contributed by atoms with Crippen molar-refractivity contribution >= 4 is 11.9 Å². The summed E-state index contributed by atoms with van der Waals surface area (Å²) in [4.78, 5) is 15.0. The van der Waals surface area contributed by atoms with Gasteiger partial charge in [0.05, 0.1) is 12.7 Å². The molecule has 1 aliphatic rings. The van der Waals surface area contributed by atoms with E-state index in [0.29, 0.717) is 25.5 Å². The third-order valence-electron chi connectivity index (χ3n) is 3.82. The largest absolute Gasteiger partial charge is 0.484 e. The number of hydrogen-bond donors (Lipinski definition) is 3. The van der Waals surface area contributed by atoms with Crippen molar-refractivity contribution in [2.75, 3.05) is 40.0 Å². The normalized spacial score (nSPS) is 17.1. The van der Waals surface area contributed by atoms with Gasteiger partial charge in [-0.15, -0.1) is 0 Å². The van der Waals surface area contributed by atoms with Gasteiger partial charge >= 0.3 is 0 Å². The summed E-state index contributed by atoms with van der Waals surface area (Å²) in [5, 5.41) is 6.50. The number of aliphatic imine (C=N–C) groups is 1. The zero-order valence-corrected chi connectivity index (χ0v) is 15.2. The lowest BCUT2D eigenvalue weighted by Crippen LogP contribution is -2.37. The SMILES string of the molecule is CN=C(NCCCOC1CCOC1)NCc1cccc(OCC(N)=O)c1. The molecule has 4 N–H and O–H groups in total. The van der Waals surface area contributed by atoms with E-state index < -0.39 is 5.91 Å². The van der Waals surface area contributed by atoms with Crippen LogP contribution >= 0.6 is 0 Å². The number of nitrogens with zero attached hydrogens (tertiary/aromatic N) is 1. The number of primary amides is 1. The van der Waals surface area contributed by atoms with Gasteiger partial charge in [-0.05, 0) is 30.5 Å². The van der Waals surface area contributed by atoms with Gasteiger partial charge in [-0.2, -0.15) is 0 Å². The molecule has 26 heavy (non-hydrogen) atoms. The van der Waals surface area contributed by atoms with Crippen molar-refractivity contribution in [1.82, 2.24) is 10.6 Å². The van der Waals surface area contributed by atoms with E-state index in [-0.39, 0.29) is 12.7 Å². The fourth-order valence-corrected chi connectivity index (χ4v) is 2.48. The average molecular weight is 364 g/mol. The van der Waals surface area contributed by atoms with E-state index in [0.717, 1.165) is 37.5 Å². The molecule has 1 amide bonds. The van der Waals surface area contributed by atoms with Crippen molar-refractivity contribution < 1.29 is 19.0 Å². The zero-order valence-electron chi connectivity index (χ0n) is 15.2. The number of rotatable bonds is 10. The molecule has 8 heteroatoms. The molecule has 1 aromatic carbocycles. The summed E-state index contributed by atoms with van der Waals surface area (Å²) in [6.45, 7) is 3.44. The van der Waals surface area contributed by atoms with Gasteiger partial charge in [0.2, 0.25) is 0 Å². The lowest BCUT2D eigenvalue weighted by atomic mass is 10.2. The smallest absolute Gasteiger partial charge is 0.255 e. The summed E-state index contributed by atoms with van der Waals surface area (Å²) in [7, 11) is 1.73. The van der Waals surface area contributed by atoms with Gasteiger partial charge in [0.15, 0.2) is 12.6 Å². The van der Waals surface area contributed by atoms with Crippen LogP contribution in [0.15, 0.2) is 29.3 Å². The van der Waals surface area contributed by atoms with Gasteiger partial charge < -0.3 is 30.6 Å². The van der Waals surface area contributed by atoms with Crippen molar-refractivity contribution in [1.29, 1.82) is 0 Å². The minimum Gasteiger partial charge on any atom is -0.484 e. The van der Waals surface area contributed by atoms with Crippen LogP contribution < -0.4 is 21.1 Å². The molecule has 1 aliphatic heterocycles. The number of guanidine groups is 1. The molecule has 1 fully saturated rings. The summed E-state index contributed by atoms with van der Waals surface area (Å²) >= 11 is 0. The number of carbonyl (C=O) groups excluding carboxylic acids is 1. The second-order valence-corrected chi connectivity index (χ2v) is 5.96. The third-order valence-corrected chi connectivity index (χ3v) is 3.82. The maximum atomic E-state index is 10.8. The minimum absolute atomic E-state index is 0.130. The van der Waals surface area contributed by atoms with Crippen LogP contribution in [0.4, 0.5) is 0 Å². The highest BCUT2D eigenvalue weighted by Crippen LogP contribution is 2.13. The fourth-order valence-electron chi connectivity index (χ4n) is 2.48. The van der Waals surface area contributed by atoms with Gasteiger partial charge in [0, 0.05) is 33.4 Å². The zero-order chi connectivity index (χ0) is 18.6. The van der Waals surface area contributed by atoms with E-state index in [1.165, 1.54) is 0 Å². The van der Waals surface area contributed by atoms with Crippen molar-refractivity contribution in [3.63, 3.8) is 0 Å². The average Bonchev–Trinajstić information content (AvgIpc) is 3.16. The topological polar surface area (TPSA) is 107 Å². The Kier molecular flexibility index (Phi) is 8.71. The minimum atomic E-state index is -0.498. The Morgan fingerprint density at radius 3 is 3.04 bits per heavy atom. The van der Waals surface area contributed by atoms with Crippen LogP contribution in [-0.2, 0) is 20.8 Å². The summed E-state index contributed by atoms with van der Waals surface area (Å²) in [5.74, 6) is 0.833. The number of amides is 1. The van der Waals surface area contributed by atoms with Crippen LogP contribution in [0.3, 0.4) is 0 Å². The molecule has 1 aromatic rings. The standard InChI is InChI=1S/C18H28N4O4/c1-20-18(21-7-3-8-25-16-6-9-24-12-16)22-11-14-4-2-5-15(10-14)26-13-17(19)23/h2,4-5,10,16H,3,6-9,11-13H2,1H3,(H2,19,23)(H2,20,21,22). The first-order valence-electron chi connectivity index (χ1n) is 8.81. The predicted molar refractivity (Wildman–Crippen MR) is 99.1 cm³/mol. The maximum Gasteiger partial charge on any atom is 0.255 e. The molecule has 0 aromatic heterocycles. The number of ether oxygens (including phenoxy) is 3. The molecule has 1 saturated heterocycles. The van der Waals surface area contributed by atoms with Gasteiger partial charge in [-0.3, -0.25) is 9.79 Å². The fraction of sp³-hybridized carbons (Fsp3) is 0.556. The number of hydrogen-bond acceptors (Lipinski definition) is 5. The van der Waals surface area contributed by atoms with Crippen LogP contribution in [0.25, 0.3) is 0 Å². The molecule has 0 bridgehead atoms. The van der Waals surface area contributed by atoms with E-state index in [1.807, 2.05) is 18.2 Å². The van der Waals surface area contributed by atoms with Crippen molar-refractivity contribution in [3.8, 4) is 5.75 Å². The highest BCUT2D eigenvalue weighted by molar-refractivity contribution is 5.79. The molecule has 0 spiro atoms. The Hall–Kier alpha value is -2.32. The maximum absolute atomic E-state index is 10.8. The first-order chi connectivity index (χ1) is 12.7. The predicted octanol–water partition coefficient (Wildman–Crippen LogP) is 0.411. The van der Waals surface area contributed by atoms with E-state index in [1.54, 1.807) is 13.1 Å². The van der Waals surface area contributed by atoms with Crippen LogP contribution in [0.5, 0.6) is 5.75 Å². The van der Waals surface area contributed by atoms with E-state index in [9.17, 15) is 4.79 Å². The molecule has 8 nitrogen and oxygen atoms in total. The van der Waals surface area contributed by atoms with Gasteiger partial charge in [-0.1, -0.05) is 12.1 Å². The van der Waals surface area contributed by atoms with Crippen LogP contribution in [0.2, 0.25) is 0 Å². The molecule has 0 aliphatic carbocycles. The Labute approximate surface area is 154 Å². The molecule has 0 radical (unpaired) electrons. The number of nitrogens with two attached hydrogens (primary N) is 1. The van der Waals surface area contributed by atoms with Crippen molar-refractivity contribution in [2.45, 2.75) is 25.5 Å². The number of carbonyl (C=O) groups is 1. The molecular formula is C18H28N4O4. The second kappa shape index (κ2) is 11.3. The van der Waals surface area contributed by atoms with E-state index in [4.69, 9.17) is 19.9 Å². The Bertz CT molecular complexity index is 588. The summed E-state index contributed by atoms with van der Waals surface area (Å²) < 4.78 is 16.3. The lowest BCUT2D eigenvalue weighted by molar-refractivity contribution is -0.119. The summed E-state index contributed by atoms with van der Waals surface area (Å²) in [6, 6.07) is 7.48. The van der Waals surface area contributed by atoms with Crippen molar-refractivity contribution in [2.24, 2.45) is 10.7 Å². The first-order valence-corrected chi connectivity index (χ1v) is 8.81. The molecule has 1 unspecified atom stereocenters. The monoisotopic (exact) mass is 364 g/mol. The first kappa shape index (κ1) is 20.0. The molecule has 0 saturated carbocycles. The summed E-state index contributed by atoms with van der Waals surface area (Å²) in [5.41, 5.74) is 6.10. The van der Waals surface area contributed by atoms with Crippen LogP contribution in [0, 0.1) is 0 Å². The van der Waals surface area contributed by atoms with Gasteiger partial charge in [-0.25, -0.2) is 0 Å². The summed E-state index contributed by atoms with van der Waals surface area (Å²) in [6.07, 6.45) is 2.13. The quantitative estimate of drug-likeness (QED) is 0.315. The Morgan fingerprint density at radius 1 is 1.42 bits per heavy atom. The highest BCUT2D eigenvalue weighted by Gasteiger charge is 2.15. The lowest BCUT2D eigenvalue weighted by Gasteiger charge is -2.13. The highest BCUT2D eigenvalue weighted by atomic mass is 16.5. The molecule has 1 atom stereocenters.